The first-order chi connectivity index (χ1) is 17.2. The Hall–Kier alpha value is -2.57. The first-order valence-electron chi connectivity index (χ1n) is 13.1. The summed E-state index contributed by atoms with van der Waals surface area (Å²) in [6.07, 6.45) is 6.85. The van der Waals surface area contributed by atoms with Gasteiger partial charge in [-0.25, -0.2) is 0 Å². The Morgan fingerprint density at radius 2 is 1.80 bits per heavy atom. The number of methoxy groups -OCH3 is 1. The third kappa shape index (κ3) is 7.97. The predicted octanol–water partition coefficient (Wildman–Crippen LogP) is 4.91. The number of benzene rings is 2. The molecular weight excluding hydrogens is 440 g/mol. The van der Waals surface area contributed by atoms with Gasteiger partial charge in [0.15, 0.2) is 11.5 Å². The molecule has 6 heteroatoms. The maximum absolute atomic E-state index is 13.3. The molecule has 4 rings (SSSR count). The third-order valence-corrected chi connectivity index (χ3v) is 7.22. The lowest BCUT2D eigenvalue weighted by molar-refractivity contribution is -0.132. The van der Waals surface area contributed by atoms with E-state index < -0.39 is 0 Å². The smallest absolute Gasteiger partial charge is 0.222 e. The number of morpholine rings is 1. The van der Waals surface area contributed by atoms with Gasteiger partial charge in [-0.1, -0.05) is 62.1 Å². The van der Waals surface area contributed by atoms with Gasteiger partial charge in [-0.15, -0.1) is 0 Å². The lowest BCUT2D eigenvalue weighted by Crippen LogP contribution is -2.42. The molecule has 1 aliphatic carbocycles. The first kappa shape index (κ1) is 25.5. The number of carbonyl (C=O) groups is 1. The first-order valence-corrected chi connectivity index (χ1v) is 13.1. The number of nitrogens with zero attached hydrogens (tertiary/aromatic N) is 2. The Kier molecular flexibility index (Phi) is 9.84. The van der Waals surface area contributed by atoms with Crippen LogP contribution in [0.15, 0.2) is 48.5 Å². The van der Waals surface area contributed by atoms with E-state index in [1.165, 1.54) is 25.7 Å². The summed E-state index contributed by atoms with van der Waals surface area (Å²) in [6.45, 7) is 6.09. The maximum Gasteiger partial charge on any atom is 0.222 e. The van der Waals surface area contributed by atoms with Crippen LogP contribution in [0.1, 0.15) is 49.7 Å². The lowest BCUT2D eigenvalue weighted by atomic mass is 10.0. The second-order valence-electron chi connectivity index (χ2n) is 9.72. The van der Waals surface area contributed by atoms with Crippen molar-refractivity contribution in [3.05, 3.63) is 59.7 Å². The van der Waals surface area contributed by atoms with E-state index in [9.17, 15) is 4.79 Å². The predicted molar refractivity (Wildman–Crippen MR) is 138 cm³/mol. The zero-order valence-electron chi connectivity index (χ0n) is 21.1. The summed E-state index contributed by atoms with van der Waals surface area (Å²) < 4.78 is 17.1. The Balaban J connectivity index is 1.41. The van der Waals surface area contributed by atoms with Crippen LogP contribution in [-0.4, -0.2) is 62.2 Å². The van der Waals surface area contributed by atoms with Crippen LogP contribution < -0.4 is 9.47 Å². The fraction of sp³-hybridized carbons (Fsp3) is 0.552. The highest BCUT2D eigenvalue weighted by atomic mass is 16.5. The van der Waals surface area contributed by atoms with Crippen molar-refractivity contribution >= 4 is 5.91 Å². The number of rotatable bonds is 12. The number of amides is 1. The van der Waals surface area contributed by atoms with Crippen molar-refractivity contribution in [1.82, 2.24) is 9.80 Å². The largest absolute Gasteiger partial charge is 0.493 e. The highest BCUT2D eigenvalue weighted by molar-refractivity contribution is 5.76. The van der Waals surface area contributed by atoms with Gasteiger partial charge in [-0.05, 0) is 35.6 Å². The molecule has 1 saturated carbocycles. The SMILES string of the molecule is COc1ccc(CN(CCN2CCOCC2)C(=O)CCC2CCCC2)cc1OCc1ccccc1. The van der Waals surface area contributed by atoms with Crippen LogP contribution >= 0.6 is 0 Å². The molecule has 1 amide bonds. The molecule has 0 radical (unpaired) electrons. The molecule has 190 valence electrons. The van der Waals surface area contributed by atoms with E-state index in [0.717, 1.165) is 62.9 Å². The molecule has 2 aromatic rings. The van der Waals surface area contributed by atoms with E-state index in [2.05, 4.69) is 4.90 Å². The van der Waals surface area contributed by atoms with E-state index in [1.807, 2.05) is 53.4 Å². The van der Waals surface area contributed by atoms with Gasteiger partial charge in [0.25, 0.3) is 0 Å². The Morgan fingerprint density at radius 3 is 2.54 bits per heavy atom. The maximum atomic E-state index is 13.3. The van der Waals surface area contributed by atoms with E-state index in [1.54, 1.807) is 7.11 Å². The summed E-state index contributed by atoms with van der Waals surface area (Å²) in [5.41, 5.74) is 2.17. The minimum Gasteiger partial charge on any atom is -0.493 e. The van der Waals surface area contributed by atoms with Crippen LogP contribution in [0, 0.1) is 5.92 Å². The van der Waals surface area contributed by atoms with Crippen LogP contribution in [0.25, 0.3) is 0 Å². The van der Waals surface area contributed by atoms with Crippen LogP contribution in [-0.2, 0) is 22.7 Å². The van der Waals surface area contributed by atoms with Gasteiger partial charge in [0.1, 0.15) is 6.61 Å². The molecule has 2 aromatic carbocycles. The van der Waals surface area contributed by atoms with Crippen molar-refractivity contribution in [3.63, 3.8) is 0 Å². The molecule has 0 atom stereocenters. The fourth-order valence-corrected chi connectivity index (χ4v) is 5.05. The molecule has 0 unspecified atom stereocenters. The van der Waals surface area contributed by atoms with E-state index in [-0.39, 0.29) is 5.91 Å². The zero-order chi connectivity index (χ0) is 24.3. The highest BCUT2D eigenvalue weighted by Crippen LogP contribution is 2.31. The normalized spacial score (nSPS) is 16.8. The van der Waals surface area contributed by atoms with Gasteiger partial charge in [0, 0.05) is 39.1 Å². The minimum absolute atomic E-state index is 0.257. The third-order valence-electron chi connectivity index (χ3n) is 7.22. The monoisotopic (exact) mass is 480 g/mol. The standard InChI is InChI=1S/C29H40N2O4/c1-33-27-13-11-26(21-28(27)35-23-25-9-3-2-4-10-25)22-31(16-15-30-17-19-34-20-18-30)29(32)14-12-24-7-5-6-8-24/h2-4,9-11,13,21,24H,5-8,12,14-20,22-23H2,1H3. The molecule has 1 saturated heterocycles. The average molecular weight is 481 g/mol. The van der Waals surface area contributed by atoms with Gasteiger partial charge >= 0.3 is 0 Å². The molecule has 1 heterocycles. The fourth-order valence-electron chi connectivity index (χ4n) is 5.05. The van der Waals surface area contributed by atoms with Crippen molar-refractivity contribution in [3.8, 4) is 11.5 Å². The van der Waals surface area contributed by atoms with Crippen molar-refractivity contribution < 1.29 is 19.0 Å². The number of ether oxygens (including phenoxy) is 3. The van der Waals surface area contributed by atoms with Gasteiger partial charge in [-0.2, -0.15) is 0 Å². The molecule has 0 spiro atoms. The van der Waals surface area contributed by atoms with Gasteiger partial charge in [-0.3, -0.25) is 9.69 Å². The second kappa shape index (κ2) is 13.5. The Bertz CT molecular complexity index is 908. The molecule has 0 N–H and O–H groups in total. The summed E-state index contributed by atoms with van der Waals surface area (Å²) >= 11 is 0. The van der Waals surface area contributed by atoms with Gasteiger partial charge in [0.05, 0.1) is 20.3 Å². The Labute approximate surface area is 210 Å². The van der Waals surface area contributed by atoms with Gasteiger partial charge < -0.3 is 19.1 Å². The average Bonchev–Trinajstić information content (AvgIpc) is 3.43. The van der Waals surface area contributed by atoms with E-state index in [4.69, 9.17) is 14.2 Å². The summed E-state index contributed by atoms with van der Waals surface area (Å²) in [5, 5.41) is 0. The molecule has 6 nitrogen and oxygen atoms in total. The summed E-state index contributed by atoms with van der Waals surface area (Å²) in [7, 11) is 1.66. The van der Waals surface area contributed by atoms with Crippen molar-refractivity contribution in [1.29, 1.82) is 0 Å². The number of hydrogen-bond donors (Lipinski definition) is 0. The van der Waals surface area contributed by atoms with Crippen LogP contribution in [0.5, 0.6) is 11.5 Å². The molecule has 0 bridgehead atoms. The van der Waals surface area contributed by atoms with E-state index >= 15 is 0 Å². The van der Waals surface area contributed by atoms with E-state index in [0.29, 0.717) is 31.1 Å². The van der Waals surface area contributed by atoms with Crippen LogP contribution in [0.3, 0.4) is 0 Å². The quantitative estimate of drug-likeness (QED) is 0.432. The van der Waals surface area contributed by atoms with Crippen molar-refractivity contribution in [2.75, 3.05) is 46.5 Å². The highest BCUT2D eigenvalue weighted by Gasteiger charge is 2.21. The second-order valence-corrected chi connectivity index (χ2v) is 9.72. The topological polar surface area (TPSA) is 51.2 Å². The molecular formula is C29H40N2O4. The van der Waals surface area contributed by atoms with Gasteiger partial charge in [0.2, 0.25) is 5.91 Å². The molecule has 0 aromatic heterocycles. The summed E-state index contributed by atoms with van der Waals surface area (Å²) in [4.78, 5) is 17.7. The summed E-state index contributed by atoms with van der Waals surface area (Å²) in [6, 6.07) is 16.1. The molecule has 1 aliphatic heterocycles. The number of carbonyl (C=O) groups excluding carboxylic acids is 1. The zero-order valence-corrected chi connectivity index (χ0v) is 21.1. The minimum atomic E-state index is 0.257. The molecule has 35 heavy (non-hydrogen) atoms. The van der Waals surface area contributed by atoms with Crippen molar-refractivity contribution in [2.24, 2.45) is 5.92 Å². The Morgan fingerprint density at radius 1 is 1.03 bits per heavy atom. The van der Waals surface area contributed by atoms with Crippen LogP contribution in [0.2, 0.25) is 0 Å². The lowest BCUT2D eigenvalue weighted by Gasteiger charge is -2.30. The van der Waals surface area contributed by atoms with Crippen molar-refractivity contribution in [2.45, 2.75) is 51.7 Å². The number of hydrogen-bond acceptors (Lipinski definition) is 5. The van der Waals surface area contributed by atoms with Crippen LogP contribution in [0.4, 0.5) is 0 Å². The summed E-state index contributed by atoms with van der Waals surface area (Å²) in [5.74, 6) is 2.39. The molecule has 2 aliphatic rings. The molecule has 2 fully saturated rings.